The first-order valence-electron chi connectivity index (χ1n) is 10.5. The van der Waals surface area contributed by atoms with E-state index >= 15 is 0 Å². The molecule has 0 aliphatic carbocycles. The fourth-order valence-electron chi connectivity index (χ4n) is 3.84. The van der Waals surface area contributed by atoms with E-state index in [1.54, 1.807) is 0 Å². The van der Waals surface area contributed by atoms with Crippen LogP contribution in [-0.4, -0.2) is 37.5 Å². The summed E-state index contributed by atoms with van der Waals surface area (Å²) in [4.78, 5) is 12.4. The Morgan fingerprint density at radius 3 is 2.65 bits per heavy atom. The van der Waals surface area contributed by atoms with Crippen molar-refractivity contribution in [3.8, 4) is 5.75 Å². The molecular formula is C24H26N2O4S. The van der Waals surface area contributed by atoms with Gasteiger partial charge in [0.2, 0.25) is 10.0 Å². The molecule has 3 aromatic carbocycles. The first kappa shape index (κ1) is 21.3. The number of amides is 1. The minimum absolute atomic E-state index is 0.105. The van der Waals surface area contributed by atoms with Gasteiger partial charge in [-0.25, -0.2) is 8.42 Å². The van der Waals surface area contributed by atoms with Crippen LogP contribution in [0.4, 0.5) is 5.69 Å². The molecular weight excluding hydrogens is 412 g/mol. The lowest BCUT2D eigenvalue weighted by atomic mass is 10.0. The number of carbonyl (C=O) groups is 1. The number of benzene rings is 3. The minimum atomic E-state index is -3.24. The normalized spacial score (nSPS) is 14.2. The van der Waals surface area contributed by atoms with Gasteiger partial charge >= 0.3 is 0 Å². The Morgan fingerprint density at radius 1 is 1.03 bits per heavy atom. The van der Waals surface area contributed by atoms with Crippen LogP contribution in [0.15, 0.2) is 60.7 Å². The predicted molar refractivity (Wildman–Crippen MR) is 123 cm³/mol. The third-order valence-corrected chi connectivity index (χ3v) is 7.44. The summed E-state index contributed by atoms with van der Waals surface area (Å²) in [6, 6.07) is 19.3. The molecule has 3 aromatic rings. The SMILES string of the molecule is CCCS(=O)(=O)N1CCc2ccc(NC(=O)COc3ccc4ccccc4c3)cc2C1. The molecule has 0 atom stereocenters. The van der Waals surface area contributed by atoms with E-state index in [1.165, 1.54) is 4.31 Å². The summed E-state index contributed by atoms with van der Waals surface area (Å²) in [5, 5.41) is 5.01. The smallest absolute Gasteiger partial charge is 0.262 e. The summed E-state index contributed by atoms with van der Waals surface area (Å²) >= 11 is 0. The van der Waals surface area contributed by atoms with Crippen molar-refractivity contribution in [1.82, 2.24) is 4.31 Å². The highest BCUT2D eigenvalue weighted by Crippen LogP contribution is 2.25. The van der Waals surface area contributed by atoms with Crippen LogP contribution in [0.1, 0.15) is 24.5 Å². The number of nitrogens with zero attached hydrogens (tertiary/aromatic N) is 1. The van der Waals surface area contributed by atoms with Crippen LogP contribution in [-0.2, 0) is 27.8 Å². The minimum Gasteiger partial charge on any atom is -0.484 e. The van der Waals surface area contributed by atoms with Gasteiger partial charge in [-0.2, -0.15) is 4.31 Å². The maximum absolute atomic E-state index is 12.4. The van der Waals surface area contributed by atoms with Crippen LogP contribution in [0.25, 0.3) is 10.8 Å². The van der Waals surface area contributed by atoms with Crippen LogP contribution in [0.3, 0.4) is 0 Å². The molecule has 4 rings (SSSR count). The fourth-order valence-corrected chi connectivity index (χ4v) is 5.32. The molecule has 0 spiro atoms. The molecule has 0 bridgehead atoms. The van der Waals surface area contributed by atoms with E-state index in [9.17, 15) is 13.2 Å². The van der Waals surface area contributed by atoms with Crippen molar-refractivity contribution in [1.29, 1.82) is 0 Å². The number of fused-ring (bicyclic) bond motifs is 2. The van der Waals surface area contributed by atoms with Crippen LogP contribution in [0.5, 0.6) is 5.75 Å². The first-order chi connectivity index (χ1) is 14.9. The third-order valence-electron chi connectivity index (χ3n) is 5.41. The lowest BCUT2D eigenvalue weighted by Crippen LogP contribution is -2.37. The van der Waals surface area contributed by atoms with Crippen molar-refractivity contribution in [2.24, 2.45) is 0 Å². The number of sulfonamides is 1. The van der Waals surface area contributed by atoms with E-state index in [0.717, 1.165) is 21.9 Å². The number of nitrogens with one attached hydrogen (secondary N) is 1. The Morgan fingerprint density at radius 2 is 1.84 bits per heavy atom. The highest BCUT2D eigenvalue weighted by atomic mass is 32.2. The molecule has 31 heavy (non-hydrogen) atoms. The summed E-state index contributed by atoms with van der Waals surface area (Å²) in [5.41, 5.74) is 2.69. The summed E-state index contributed by atoms with van der Waals surface area (Å²) in [5.74, 6) is 0.528. The van der Waals surface area contributed by atoms with Gasteiger partial charge in [0.15, 0.2) is 6.61 Å². The van der Waals surface area contributed by atoms with E-state index in [-0.39, 0.29) is 18.3 Å². The lowest BCUT2D eigenvalue weighted by Gasteiger charge is -2.28. The molecule has 7 heteroatoms. The van der Waals surface area contributed by atoms with Crippen molar-refractivity contribution in [3.63, 3.8) is 0 Å². The molecule has 0 saturated carbocycles. The molecule has 0 unspecified atom stereocenters. The van der Waals surface area contributed by atoms with Crippen molar-refractivity contribution in [2.75, 3.05) is 24.2 Å². The average Bonchev–Trinajstić information content (AvgIpc) is 2.77. The third kappa shape index (κ3) is 5.06. The Bertz CT molecular complexity index is 1210. The lowest BCUT2D eigenvalue weighted by molar-refractivity contribution is -0.118. The zero-order valence-electron chi connectivity index (χ0n) is 17.5. The maximum atomic E-state index is 12.4. The highest BCUT2D eigenvalue weighted by molar-refractivity contribution is 7.89. The van der Waals surface area contributed by atoms with E-state index in [4.69, 9.17) is 4.74 Å². The molecule has 1 heterocycles. The monoisotopic (exact) mass is 438 g/mol. The van der Waals surface area contributed by atoms with Gasteiger partial charge in [0, 0.05) is 18.8 Å². The fraction of sp³-hybridized carbons (Fsp3) is 0.292. The Labute approximate surface area is 182 Å². The first-order valence-corrected chi connectivity index (χ1v) is 12.1. The number of hydrogen-bond donors (Lipinski definition) is 1. The second-order valence-corrected chi connectivity index (χ2v) is 9.82. The van der Waals surface area contributed by atoms with Gasteiger partial charge in [0.1, 0.15) is 5.75 Å². The topological polar surface area (TPSA) is 75.7 Å². The highest BCUT2D eigenvalue weighted by Gasteiger charge is 2.26. The predicted octanol–water partition coefficient (Wildman–Crippen LogP) is 3.96. The Hall–Kier alpha value is -2.90. The average molecular weight is 439 g/mol. The molecule has 0 saturated heterocycles. The number of rotatable bonds is 7. The molecule has 1 N–H and O–H groups in total. The van der Waals surface area contributed by atoms with E-state index in [2.05, 4.69) is 5.32 Å². The molecule has 1 amide bonds. The van der Waals surface area contributed by atoms with Gasteiger partial charge in [-0.15, -0.1) is 0 Å². The Balaban J connectivity index is 1.38. The molecule has 162 valence electrons. The summed E-state index contributed by atoms with van der Waals surface area (Å²) in [6.07, 6.45) is 1.27. The zero-order valence-corrected chi connectivity index (χ0v) is 18.3. The molecule has 0 aromatic heterocycles. The van der Waals surface area contributed by atoms with Gasteiger partial charge in [-0.05, 0) is 59.0 Å². The molecule has 1 aliphatic heterocycles. The van der Waals surface area contributed by atoms with E-state index < -0.39 is 10.0 Å². The second-order valence-electron chi connectivity index (χ2n) is 7.73. The standard InChI is InChI=1S/C24H26N2O4S/c1-2-13-31(28,29)26-12-11-19-7-9-22(14-21(19)16-26)25-24(27)17-30-23-10-8-18-5-3-4-6-20(18)15-23/h3-10,14-15H,2,11-13,16-17H2,1H3,(H,25,27). The molecule has 0 fully saturated rings. The van der Waals surface area contributed by atoms with Crippen LogP contribution >= 0.6 is 0 Å². The summed E-state index contributed by atoms with van der Waals surface area (Å²) in [7, 11) is -3.24. The van der Waals surface area contributed by atoms with Crippen LogP contribution in [0, 0.1) is 0 Å². The van der Waals surface area contributed by atoms with Gasteiger partial charge in [-0.1, -0.05) is 43.3 Å². The van der Waals surface area contributed by atoms with E-state index in [0.29, 0.717) is 37.4 Å². The zero-order chi connectivity index (χ0) is 21.8. The largest absolute Gasteiger partial charge is 0.484 e. The van der Waals surface area contributed by atoms with Crippen LogP contribution < -0.4 is 10.1 Å². The quantitative estimate of drug-likeness (QED) is 0.606. The Kier molecular flexibility index (Phi) is 6.25. The number of ether oxygens (including phenoxy) is 1. The van der Waals surface area contributed by atoms with Gasteiger partial charge in [-0.3, -0.25) is 4.79 Å². The van der Waals surface area contributed by atoms with Gasteiger partial charge in [0.05, 0.1) is 5.75 Å². The number of hydrogen-bond acceptors (Lipinski definition) is 4. The molecule has 6 nitrogen and oxygen atoms in total. The van der Waals surface area contributed by atoms with Crippen molar-refractivity contribution in [3.05, 3.63) is 71.8 Å². The maximum Gasteiger partial charge on any atom is 0.262 e. The number of anilines is 1. The van der Waals surface area contributed by atoms with Gasteiger partial charge in [0.25, 0.3) is 5.91 Å². The number of carbonyl (C=O) groups excluding carboxylic acids is 1. The van der Waals surface area contributed by atoms with E-state index in [1.807, 2.05) is 67.6 Å². The molecule has 1 aliphatic rings. The summed E-state index contributed by atoms with van der Waals surface area (Å²) in [6.45, 7) is 2.60. The van der Waals surface area contributed by atoms with Crippen molar-refractivity contribution < 1.29 is 17.9 Å². The summed E-state index contributed by atoms with van der Waals surface area (Å²) < 4.78 is 32.0. The molecule has 0 radical (unpaired) electrons. The second kappa shape index (κ2) is 9.08. The van der Waals surface area contributed by atoms with Crippen molar-refractivity contribution in [2.45, 2.75) is 26.3 Å². The van der Waals surface area contributed by atoms with Crippen molar-refractivity contribution >= 4 is 32.4 Å². The van der Waals surface area contributed by atoms with Gasteiger partial charge < -0.3 is 10.1 Å². The van der Waals surface area contributed by atoms with Crippen LogP contribution in [0.2, 0.25) is 0 Å².